The average molecular weight is 375 g/mol. The molecule has 1 fully saturated rings. The van der Waals surface area contributed by atoms with E-state index in [1.165, 1.54) is 0 Å². The van der Waals surface area contributed by atoms with Crippen molar-refractivity contribution in [2.45, 2.75) is 64.0 Å². The van der Waals surface area contributed by atoms with E-state index < -0.39 is 18.4 Å². The number of nitrogens with zero attached hydrogens (tertiary/aromatic N) is 2. The van der Waals surface area contributed by atoms with Crippen LogP contribution in [0.25, 0.3) is 0 Å². The van der Waals surface area contributed by atoms with Crippen molar-refractivity contribution in [2.24, 2.45) is 0 Å². The Morgan fingerprint density at radius 3 is 2.63 bits per heavy atom. The van der Waals surface area contributed by atoms with Crippen molar-refractivity contribution >= 4 is 11.9 Å². The number of aliphatic hydroxyl groups excluding tert-OH is 1. The maximum Gasteiger partial charge on any atom is 0.413 e. The van der Waals surface area contributed by atoms with E-state index in [2.05, 4.69) is 10.4 Å². The highest BCUT2D eigenvalue weighted by molar-refractivity contribution is 5.83. The number of carbonyl (C=O) groups excluding carboxylic acids is 1. The van der Waals surface area contributed by atoms with Crippen LogP contribution in [0.3, 0.4) is 0 Å². The van der Waals surface area contributed by atoms with Gasteiger partial charge in [0.25, 0.3) is 0 Å². The number of ether oxygens (including phenoxy) is 1. The lowest BCUT2D eigenvalue weighted by molar-refractivity contribution is 0.103. The Balaban J connectivity index is 1.72. The molecule has 0 radical (unpaired) electrons. The first kappa shape index (κ1) is 19.4. The van der Waals surface area contributed by atoms with E-state index in [-0.39, 0.29) is 24.5 Å². The number of amides is 1. The topological polar surface area (TPSA) is 76.4 Å². The van der Waals surface area contributed by atoms with E-state index in [0.717, 1.165) is 5.56 Å². The van der Waals surface area contributed by atoms with Gasteiger partial charge in [-0.3, -0.25) is 5.32 Å². The van der Waals surface area contributed by atoms with Crippen LogP contribution in [0.4, 0.5) is 15.0 Å². The molecule has 1 saturated carbocycles. The number of nitrogens with one attached hydrogen (secondary N) is 1. The molecule has 146 valence electrons. The van der Waals surface area contributed by atoms with Gasteiger partial charge < -0.3 is 9.84 Å². The third-order valence-corrected chi connectivity index (χ3v) is 4.68. The summed E-state index contributed by atoms with van der Waals surface area (Å²) in [6, 6.07) is 11.2. The summed E-state index contributed by atoms with van der Waals surface area (Å²) in [5.74, 6) is 0.326. The van der Waals surface area contributed by atoms with E-state index in [1.807, 2.05) is 51.1 Å². The Morgan fingerprint density at radius 1 is 1.33 bits per heavy atom. The summed E-state index contributed by atoms with van der Waals surface area (Å²) in [7, 11) is 0. The van der Waals surface area contributed by atoms with Crippen molar-refractivity contribution in [2.75, 3.05) is 5.32 Å². The minimum Gasteiger partial charge on any atom is -0.444 e. The van der Waals surface area contributed by atoms with Gasteiger partial charge >= 0.3 is 6.09 Å². The van der Waals surface area contributed by atoms with Crippen molar-refractivity contribution in [3.63, 3.8) is 0 Å². The summed E-state index contributed by atoms with van der Waals surface area (Å²) in [5, 5.41) is 17.0. The van der Waals surface area contributed by atoms with E-state index >= 15 is 0 Å². The van der Waals surface area contributed by atoms with E-state index in [1.54, 1.807) is 10.7 Å². The number of aromatic nitrogens is 2. The number of benzene rings is 1. The Morgan fingerprint density at radius 2 is 2.04 bits per heavy atom. The van der Waals surface area contributed by atoms with Crippen LogP contribution in [0.5, 0.6) is 0 Å². The first-order valence-corrected chi connectivity index (χ1v) is 9.14. The SMILES string of the molecule is CC(C)(C)n1nc([C@H]2C[C@@H](O)[C@@H](F)C2)cc1NC(=O)OCc1ccccc1. The molecule has 0 aliphatic heterocycles. The molecule has 1 aromatic carbocycles. The lowest BCUT2D eigenvalue weighted by Gasteiger charge is -2.22. The molecular weight excluding hydrogens is 349 g/mol. The maximum absolute atomic E-state index is 13.7. The van der Waals surface area contributed by atoms with Gasteiger partial charge in [0.15, 0.2) is 0 Å². The fraction of sp³-hybridized carbons (Fsp3) is 0.500. The smallest absolute Gasteiger partial charge is 0.413 e. The summed E-state index contributed by atoms with van der Waals surface area (Å²) in [6.07, 6.45) is -2.20. The van der Waals surface area contributed by atoms with Crippen LogP contribution in [0.2, 0.25) is 0 Å². The zero-order valence-corrected chi connectivity index (χ0v) is 15.9. The highest BCUT2D eigenvalue weighted by Gasteiger charge is 2.36. The van der Waals surface area contributed by atoms with Crippen molar-refractivity contribution in [1.29, 1.82) is 0 Å². The molecule has 3 rings (SSSR count). The van der Waals surface area contributed by atoms with Gasteiger partial charge in [-0.25, -0.2) is 13.9 Å². The van der Waals surface area contributed by atoms with Crippen LogP contribution in [-0.2, 0) is 16.9 Å². The summed E-state index contributed by atoms with van der Waals surface area (Å²) in [4.78, 5) is 12.2. The number of halogens is 1. The summed E-state index contributed by atoms with van der Waals surface area (Å²) < 4.78 is 20.7. The molecule has 3 atom stereocenters. The number of rotatable bonds is 4. The molecule has 7 heteroatoms. The normalized spacial score (nSPS) is 22.6. The number of anilines is 1. The molecule has 1 aromatic heterocycles. The molecule has 1 amide bonds. The first-order chi connectivity index (χ1) is 12.7. The second-order valence-electron chi connectivity index (χ2n) is 7.98. The second-order valence-corrected chi connectivity index (χ2v) is 7.98. The summed E-state index contributed by atoms with van der Waals surface area (Å²) >= 11 is 0. The minimum atomic E-state index is -1.23. The van der Waals surface area contributed by atoms with Crippen LogP contribution in [-0.4, -0.2) is 33.3 Å². The third-order valence-electron chi connectivity index (χ3n) is 4.68. The van der Waals surface area contributed by atoms with Crippen LogP contribution in [0.15, 0.2) is 36.4 Å². The Labute approximate surface area is 158 Å². The third kappa shape index (κ3) is 4.66. The molecule has 0 unspecified atom stereocenters. The second kappa shape index (κ2) is 7.68. The molecule has 1 heterocycles. The Kier molecular flexibility index (Phi) is 5.51. The number of hydrogen-bond donors (Lipinski definition) is 2. The number of hydrogen-bond acceptors (Lipinski definition) is 4. The van der Waals surface area contributed by atoms with Gasteiger partial charge in [0.2, 0.25) is 0 Å². The summed E-state index contributed by atoms with van der Waals surface area (Å²) in [6.45, 7) is 6.06. The van der Waals surface area contributed by atoms with E-state index in [4.69, 9.17) is 4.74 Å². The fourth-order valence-electron chi connectivity index (χ4n) is 3.27. The lowest BCUT2D eigenvalue weighted by atomic mass is 10.0. The zero-order valence-electron chi connectivity index (χ0n) is 15.9. The van der Waals surface area contributed by atoms with Crippen LogP contribution < -0.4 is 5.32 Å². The predicted molar refractivity (Wildman–Crippen MR) is 100 cm³/mol. The number of alkyl halides is 1. The molecule has 2 aromatic rings. The van der Waals surface area contributed by atoms with Gasteiger partial charge in [0, 0.05) is 12.0 Å². The lowest BCUT2D eigenvalue weighted by Crippen LogP contribution is -2.27. The fourth-order valence-corrected chi connectivity index (χ4v) is 3.27. The minimum absolute atomic E-state index is 0.167. The highest BCUT2D eigenvalue weighted by atomic mass is 19.1. The van der Waals surface area contributed by atoms with Crippen LogP contribution in [0, 0.1) is 0 Å². The maximum atomic E-state index is 13.7. The molecule has 1 aliphatic rings. The standard InChI is InChI=1S/C20H26FN3O3/c1-20(2,3)24-18(11-16(23-24)14-9-15(21)17(25)10-14)22-19(26)27-12-13-7-5-4-6-8-13/h4-8,11,14-15,17,25H,9-10,12H2,1-3H3,(H,22,26)/t14-,15+,17-/m1/s1. The molecule has 27 heavy (non-hydrogen) atoms. The van der Waals surface area contributed by atoms with Crippen molar-refractivity contribution in [3.8, 4) is 0 Å². The van der Waals surface area contributed by atoms with Crippen molar-refractivity contribution in [1.82, 2.24) is 9.78 Å². The summed E-state index contributed by atoms with van der Waals surface area (Å²) in [5.41, 5.74) is 1.18. The van der Waals surface area contributed by atoms with Gasteiger partial charge in [-0.05, 0) is 39.2 Å². The van der Waals surface area contributed by atoms with Crippen molar-refractivity contribution < 1.29 is 19.0 Å². The van der Waals surface area contributed by atoms with Crippen LogP contribution in [0.1, 0.15) is 50.8 Å². The zero-order chi connectivity index (χ0) is 19.6. The molecule has 6 nitrogen and oxygen atoms in total. The van der Waals surface area contributed by atoms with Gasteiger partial charge in [0.05, 0.1) is 17.3 Å². The largest absolute Gasteiger partial charge is 0.444 e. The molecule has 2 N–H and O–H groups in total. The molecule has 0 spiro atoms. The molecule has 1 aliphatic carbocycles. The Hall–Kier alpha value is -2.41. The van der Waals surface area contributed by atoms with Crippen LogP contribution >= 0.6 is 0 Å². The predicted octanol–water partition coefficient (Wildman–Crippen LogP) is 3.96. The van der Waals surface area contributed by atoms with E-state index in [9.17, 15) is 14.3 Å². The molecule has 0 bridgehead atoms. The van der Waals surface area contributed by atoms with Gasteiger partial charge in [-0.2, -0.15) is 5.10 Å². The van der Waals surface area contributed by atoms with Crippen molar-refractivity contribution in [3.05, 3.63) is 47.7 Å². The monoisotopic (exact) mass is 375 g/mol. The number of aliphatic hydroxyl groups is 1. The van der Waals surface area contributed by atoms with Gasteiger partial charge in [0.1, 0.15) is 18.6 Å². The molecule has 0 saturated heterocycles. The molecular formula is C20H26FN3O3. The first-order valence-electron chi connectivity index (χ1n) is 9.14. The number of carbonyl (C=O) groups is 1. The quantitative estimate of drug-likeness (QED) is 0.848. The van der Waals surface area contributed by atoms with Gasteiger partial charge in [-0.15, -0.1) is 0 Å². The van der Waals surface area contributed by atoms with Gasteiger partial charge in [-0.1, -0.05) is 30.3 Å². The highest BCUT2D eigenvalue weighted by Crippen LogP contribution is 2.37. The Bertz CT molecular complexity index is 776. The van der Waals surface area contributed by atoms with E-state index in [0.29, 0.717) is 17.9 Å². The average Bonchev–Trinajstić information content (AvgIpc) is 3.18.